The third-order valence-corrected chi connectivity index (χ3v) is 4.28. The summed E-state index contributed by atoms with van der Waals surface area (Å²) < 4.78 is 0. The van der Waals surface area contributed by atoms with E-state index in [0.717, 1.165) is 25.3 Å². The molecule has 2 aromatic rings. The van der Waals surface area contributed by atoms with Crippen molar-refractivity contribution in [1.29, 1.82) is 0 Å². The molecule has 0 amide bonds. The molecule has 3 heteroatoms. The second-order valence-corrected chi connectivity index (χ2v) is 5.91. The van der Waals surface area contributed by atoms with E-state index in [4.69, 9.17) is 17.3 Å². The Hall–Kier alpha value is -1.51. The van der Waals surface area contributed by atoms with Gasteiger partial charge in [0.15, 0.2) is 0 Å². The van der Waals surface area contributed by atoms with Gasteiger partial charge in [-0.1, -0.05) is 48.0 Å². The summed E-state index contributed by atoms with van der Waals surface area (Å²) in [5.41, 5.74) is 9.44. The van der Waals surface area contributed by atoms with Gasteiger partial charge < -0.3 is 5.73 Å². The van der Waals surface area contributed by atoms with Gasteiger partial charge in [0, 0.05) is 23.8 Å². The first-order valence-electron chi connectivity index (χ1n) is 7.03. The summed E-state index contributed by atoms with van der Waals surface area (Å²) in [6, 6.07) is 16.6. The fourth-order valence-electron chi connectivity index (χ4n) is 2.92. The van der Waals surface area contributed by atoms with Crippen LogP contribution in [0, 0.1) is 0 Å². The minimum Gasteiger partial charge on any atom is -0.398 e. The number of hydrogen-bond acceptors (Lipinski definition) is 2. The lowest BCUT2D eigenvalue weighted by Gasteiger charge is -2.17. The van der Waals surface area contributed by atoms with Crippen molar-refractivity contribution < 1.29 is 0 Å². The molecule has 104 valence electrons. The zero-order chi connectivity index (χ0) is 13.9. The van der Waals surface area contributed by atoms with E-state index in [1.807, 2.05) is 18.2 Å². The number of nitrogen functional groups attached to an aromatic ring is 1. The van der Waals surface area contributed by atoms with Gasteiger partial charge in [0.2, 0.25) is 0 Å². The van der Waals surface area contributed by atoms with E-state index < -0.39 is 0 Å². The molecule has 0 aliphatic carbocycles. The standard InChI is InChI=1S/C17H19ClN2/c18-16-7-6-15(17(19)10-16)12-20-9-8-14(11-20)13-4-2-1-3-5-13/h1-7,10,14H,8-9,11-12,19H2. The van der Waals surface area contributed by atoms with Gasteiger partial charge in [-0.15, -0.1) is 0 Å². The van der Waals surface area contributed by atoms with Crippen LogP contribution in [0.25, 0.3) is 0 Å². The third-order valence-electron chi connectivity index (χ3n) is 4.05. The van der Waals surface area contributed by atoms with Crippen molar-refractivity contribution in [3.05, 3.63) is 64.7 Å². The molecule has 0 spiro atoms. The molecule has 1 unspecified atom stereocenters. The maximum absolute atomic E-state index is 6.03. The average molecular weight is 287 g/mol. The maximum Gasteiger partial charge on any atom is 0.0426 e. The van der Waals surface area contributed by atoms with Crippen molar-refractivity contribution in [2.24, 2.45) is 0 Å². The Morgan fingerprint density at radius 1 is 1.15 bits per heavy atom. The Labute approximate surface area is 125 Å². The summed E-state index contributed by atoms with van der Waals surface area (Å²) in [6.07, 6.45) is 1.22. The topological polar surface area (TPSA) is 29.3 Å². The number of benzene rings is 2. The second-order valence-electron chi connectivity index (χ2n) is 5.47. The molecule has 2 nitrogen and oxygen atoms in total. The molecule has 1 saturated heterocycles. The Morgan fingerprint density at radius 2 is 1.95 bits per heavy atom. The normalized spacial score (nSPS) is 19.4. The Morgan fingerprint density at radius 3 is 2.70 bits per heavy atom. The number of anilines is 1. The molecule has 0 saturated carbocycles. The van der Waals surface area contributed by atoms with E-state index in [1.165, 1.54) is 17.5 Å². The van der Waals surface area contributed by atoms with Crippen LogP contribution in [-0.2, 0) is 6.54 Å². The van der Waals surface area contributed by atoms with Crippen LogP contribution in [0.4, 0.5) is 5.69 Å². The molecule has 2 aromatic carbocycles. The Balaban J connectivity index is 1.66. The predicted molar refractivity (Wildman–Crippen MR) is 84.9 cm³/mol. The van der Waals surface area contributed by atoms with Crippen molar-refractivity contribution in [2.75, 3.05) is 18.8 Å². The summed E-state index contributed by atoms with van der Waals surface area (Å²) >= 11 is 5.94. The van der Waals surface area contributed by atoms with Crippen LogP contribution in [-0.4, -0.2) is 18.0 Å². The lowest BCUT2D eigenvalue weighted by molar-refractivity contribution is 0.327. The molecule has 1 fully saturated rings. The quantitative estimate of drug-likeness (QED) is 0.867. The van der Waals surface area contributed by atoms with Crippen LogP contribution in [0.2, 0.25) is 5.02 Å². The van der Waals surface area contributed by atoms with Gasteiger partial charge in [-0.05, 0) is 42.1 Å². The average Bonchev–Trinajstić information content (AvgIpc) is 2.92. The van der Waals surface area contributed by atoms with Gasteiger partial charge in [-0.25, -0.2) is 0 Å². The fraction of sp³-hybridized carbons (Fsp3) is 0.294. The molecule has 1 atom stereocenters. The molecule has 3 rings (SSSR count). The molecular weight excluding hydrogens is 268 g/mol. The van der Waals surface area contributed by atoms with Gasteiger partial charge in [-0.3, -0.25) is 4.90 Å². The lowest BCUT2D eigenvalue weighted by atomic mass is 9.99. The minimum absolute atomic E-state index is 0.643. The molecule has 0 bridgehead atoms. The van der Waals surface area contributed by atoms with Crippen molar-refractivity contribution >= 4 is 17.3 Å². The third kappa shape index (κ3) is 2.97. The van der Waals surface area contributed by atoms with Crippen molar-refractivity contribution in [3.8, 4) is 0 Å². The smallest absolute Gasteiger partial charge is 0.0426 e. The number of halogens is 1. The van der Waals surface area contributed by atoms with Gasteiger partial charge in [0.05, 0.1) is 0 Å². The van der Waals surface area contributed by atoms with Crippen LogP contribution in [0.1, 0.15) is 23.5 Å². The second kappa shape index (κ2) is 5.86. The largest absolute Gasteiger partial charge is 0.398 e. The van der Waals surface area contributed by atoms with Crippen molar-refractivity contribution in [1.82, 2.24) is 4.90 Å². The Kier molecular flexibility index (Phi) is 3.95. The van der Waals surface area contributed by atoms with Crippen molar-refractivity contribution in [2.45, 2.75) is 18.9 Å². The van der Waals surface area contributed by atoms with Crippen LogP contribution in [0.3, 0.4) is 0 Å². The molecule has 1 aliphatic rings. The zero-order valence-electron chi connectivity index (χ0n) is 11.4. The van der Waals surface area contributed by atoms with E-state index in [0.29, 0.717) is 10.9 Å². The van der Waals surface area contributed by atoms with Gasteiger partial charge in [0.25, 0.3) is 0 Å². The summed E-state index contributed by atoms with van der Waals surface area (Å²) in [6.45, 7) is 3.14. The molecule has 1 aliphatic heterocycles. The lowest BCUT2D eigenvalue weighted by Crippen LogP contribution is -2.20. The molecule has 0 radical (unpaired) electrons. The van der Waals surface area contributed by atoms with Gasteiger partial charge >= 0.3 is 0 Å². The number of nitrogens with two attached hydrogens (primary N) is 1. The van der Waals surface area contributed by atoms with E-state index in [1.54, 1.807) is 0 Å². The summed E-state index contributed by atoms with van der Waals surface area (Å²) in [5, 5.41) is 0.704. The molecule has 2 N–H and O–H groups in total. The Bertz CT molecular complexity index is 583. The number of rotatable bonds is 3. The van der Waals surface area contributed by atoms with E-state index >= 15 is 0 Å². The van der Waals surface area contributed by atoms with Crippen molar-refractivity contribution in [3.63, 3.8) is 0 Å². The van der Waals surface area contributed by atoms with Crippen LogP contribution >= 0.6 is 11.6 Å². The molecular formula is C17H19ClN2. The van der Waals surface area contributed by atoms with E-state index in [2.05, 4.69) is 35.2 Å². The van der Waals surface area contributed by atoms with Gasteiger partial charge in [-0.2, -0.15) is 0 Å². The summed E-state index contributed by atoms with van der Waals surface area (Å²) in [7, 11) is 0. The number of hydrogen-bond donors (Lipinski definition) is 1. The summed E-state index contributed by atoms with van der Waals surface area (Å²) in [5.74, 6) is 0.643. The first kappa shape index (κ1) is 13.5. The first-order valence-corrected chi connectivity index (χ1v) is 7.41. The van der Waals surface area contributed by atoms with Crippen LogP contribution in [0.5, 0.6) is 0 Å². The monoisotopic (exact) mass is 286 g/mol. The SMILES string of the molecule is Nc1cc(Cl)ccc1CN1CCC(c2ccccc2)C1. The fourth-order valence-corrected chi connectivity index (χ4v) is 3.10. The van der Waals surface area contributed by atoms with Crippen LogP contribution in [0.15, 0.2) is 48.5 Å². The summed E-state index contributed by atoms with van der Waals surface area (Å²) in [4.78, 5) is 2.47. The highest BCUT2D eigenvalue weighted by molar-refractivity contribution is 6.30. The number of likely N-dealkylation sites (tertiary alicyclic amines) is 1. The first-order chi connectivity index (χ1) is 9.72. The highest BCUT2D eigenvalue weighted by Gasteiger charge is 2.23. The predicted octanol–water partition coefficient (Wildman–Crippen LogP) is 3.91. The minimum atomic E-state index is 0.643. The van der Waals surface area contributed by atoms with E-state index in [-0.39, 0.29) is 0 Å². The zero-order valence-corrected chi connectivity index (χ0v) is 12.2. The molecule has 0 aromatic heterocycles. The molecule has 1 heterocycles. The molecule has 20 heavy (non-hydrogen) atoms. The van der Waals surface area contributed by atoms with Crippen LogP contribution < -0.4 is 5.73 Å². The number of nitrogens with zero attached hydrogens (tertiary/aromatic N) is 1. The van der Waals surface area contributed by atoms with Gasteiger partial charge in [0.1, 0.15) is 0 Å². The highest BCUT2D eigenvalue weighted by Crippen LogP contribution is 2.29. The highest BCUT2D eigenvalue weighted by atomic mass is 35.5. The van der Waals surface area contributed by atoms with E-state index in [9.17, 15) is 0 Å². The maximum atomic E-state index is 6.03.